The van der Waals surface area contributed by atoms with Gasteiger partial charge < -0.3 is 0 Å². The van der Waals surface area contributed by atoms with Crippen LogP contribution in [0.3, 0.4) is 0 Å². The van der Waals surface area contributed by atoms with Gasteiger partial charge in [-0.15, -0.1) is 15.3 Å². The fourth-order valence-electron chi connectivity index (χ4n) is 1.76. The first-order valence-electron chi connectivity index (χ1n) is 5.91. The third-order valence-corrected chi connectivity index (χ3v) is 3.31. The third-order valence-electron chi connectivity index (χ3n) is 2.71. The van der Waals surface area contributed by atoms with Crippen LogP contribution in [-0.4, -0.2) is 31.1 Å². The molecule has 1 N–H and O–H groups in total. The number of anilines is 1. The number of rotatable bonds is 3. The zero-order chi connectivity index (χ0) is 14.8. The molecule has 3 aromatic rings. The Morgan fingerprint density at radius 3 is 2.71 bits per heavy atom. The molecule has 0 aliphatic heterocycles. The van der Waals surface area contributed by atoms with Crippen molar-refractivity contribution in [2.75, 3.05) is 5.32 Å². The molecule has 0 atom stereocenters. The molecule has 7 nitrogen and oxygen atoms in total. The monoisotopic (exact) mass is 304 g/mol. The van der Waals surface area contributed by atoms with Crippen molar-refractivity contribution in [1.29, 1.82) is 0 Å². The highest BCUT2D eigenvalue weighted by atomic mass is 32.1. The van der Waals surface area contributed by atoms with Crippen molar-refractivity contribution in [1.82, 2.24) is 25.2 Å². The van der Waals surface area contributed by atoms with Crippen molar-refractivity contribution in [3.63, 3.8) is 0 Å². The topological polar surface area (TPSA) is 85.6 Å². The summed E-state index contributed by atoms with van der Waals surface area (Å²) in [4.78, 5) is 12.3. The van der Waals surface area contributed by atoms with Crippen LogP contribution in [0.5, 0.6) is 0 Å². The molecule has 106 valence electrons. The van der Waals surface area contributed by atoms with Crippen LogP contribution in [0.15, 0.2) is 29.8 Å². The van der Waals surface area contributed by atoms with Crippen LogP contribution < -0.4 is 5.32 Å². The first-order chi connectivity index (χ1) is 10.1. The number of nitrogens with one attached hydrogen (secondary N) is 1. The van der Waals surface area contributed by atoms with Gasteiger partial charge in [0.15, 0.2) is 5.69 Å². The predicted octanol–water partition coefficient (Wildman–Crippen LogP) is 1.82. The van der Waals surface area contributed by atoms with Gasteiger partial charge in [0.1, 0.15) is 11.3 Å². The molecule has 0 radical (unpaired) electrons. The summed E-state index contributed by atoms with van der Waals surface area (Å²) in [6, 6.07) is 5.62. The predicted molar refractivity (Wildman–Crippen MR) is 73.9 cm³/mol. The summed E-state index contributed by atoms with van der Waals surface area (Å²) in [5.41, 5.74) is 2.77. The lowest BCUT2D eigenvalue weighted by molar-refractivity contribution is 0.101. The summed E-state index contributed by atoms with van der Waals surface area (Å²) in [6.07, 6.45) is 0. The summed E-state index contributed by atoms with van der Waals surface area (Å²) in [6.45, 7) is 1.67. The van der Waals surface area contributed by atoms with Crippen molar-refractivity contribution >= 4 is 22.4 Å². The second-order valence-electron chi connectivity index (χ2n) is 4.11. The number of benzene rings is 1. The molecule has 9 heteroatoms. The van der Waals surface area contributed by atoms with Crippen LogP contribution in [0.1, 0.15) is 16.2 Å². The number of aromatic nitrogens is 5. The van der Waals surface area contributed by atoms with Gasteiger partial charge >= 0.3 is 0 Å². The van der Waals surface area contributed by atoms with Crippen molar-refractivity contribution < 1.29 is 9.18 Å². The molecule has 0 saturated carbocycles. The van der Waals surface area contributed by atoms with E-state index in [0.717, 1.165) is 0 Å². The molecule has 1 aromatic carbocycles. The molecular weight excluding hydrogens is 295 g/mol. The average molecular weight is 304 g/mol. The van der Waals surface area contributed by atoms with E-state index in [1.54, 1.807) is 6.92 Å². The molecule has 0 bridgehead atoms. The van der Waals surface area contributed by atoms with Crippen molar-refractivity contribution in [2.45, 2.75) is 6.92 Å². The van der Waals surface area contributed by atoms with Gasteiger partial charge in [0.25, 0.3) is 5.91 Å². The fraction of sp³-hybridized carbons (Fsp3) is 0.0833. The van der Waals surface area contributed by atoms with E-state index in [-0.39, 0.29) is 11.5 Å². The summed E-state index contributed by atoms with van der Waals surface area (Å²) >= 11 is 1.20. The number of carbonyl (C=O) groups excluding carboxylic acids is 1. The summed E-state index contributed by atoms with van der Waals surface area (Å²) < 4.78 is 14.3. The smallest absolute Gasteiger partial charge is 0.278 e. The largest absolute Gasteiger partial charge is 0.295 e. The molecule has 1 amide bonds. The Balaban J connectivity index is 1.97. The highest BCUT2D eigenvalue weighted by molar-refractivity contribution is 7.13. The number of halogens is 1. The van der Waals surface area contributed by atoms with Gasteiger partial charge in [-0.05, 0) is 31.2 Å². The van der Waals surface area contributed by atoms with Crippen LogP contribution in [0.4, 0.5) is 9.52 Å². The fourth-order valence-corrected chi connectivity index (χ4v) is 2.20. The third kappa shape index (κ3) is 2.63. The van der Waals surface area contributed by atoms with Crippen LogP contribution in [0.25, 0.3) is 5.69 Å². The molecule has 2 aromatic heterocycles. The maximum Gasteiger partial charge on any atom is 0.278 e. The van der Waals surface area contributed by atoms with Gasteiger partial charge in [-0.25, -0.2) is 9.07 Å². The zero-order valence-corrected chi connectivity index (χ0v) is 11.6. The van der Waals surface area contributed by atoms with E-state index in [1.807, 2.05) is 0 Å². The lowest BCUT2D eigenvalue weighted by atomic mass is 10.2. The molecule has 3 rings (SSSR count). The van der Waals surface area contributed by atoms with Gasteiger partial charge in [-0.2, -0.15) is 0 Å². The average Bonchev–Trinajstić information content (AvgIpc) is 3.09. The Morgan fingerprint density at radius 1 is 1.29 bits per heavy atom. The Bertz CT molecular complexity index is 768. The molecule has 0 unspecified atom stereocenters. The SMILES string of the molecule is Cc1nnn(-c2ccc(F)cc2)c1C(=O)Nc1nncs1. The number of hydrogen-bond donors (Lipinski definition) is 1. The van der Waals surface area contributed by atoms with Crippen LogP contribution in [0, 0.1) is 12.7 Å². The van der Waals surface area contributed by atoms with Crippen LogP contribution in [-0.2, 0) is 0 Å². The van der Waals surface area contributed by atoms with E-state index in [0.29, 0.717) is 16.5 Å². The van der Waals surface area contributed by atoms with Gasteiger partial charge in [-0.3, -0.25) is 10.1 Å². The van der Waals surface area contributed by atoms with E-state index >= 15 is 0 Å². The number of hydrogen-bond acceptors (Lipinski definition) is 6. The molecular formula is C12H9FN6OS. The summed E-state index contributed by atoms with van der Waals surface area (Å²) in [5, 5.41) is 18.2. The summed E-state index contributed by atoms with van der Waals surface area (Å²) in [5.74, 6) is -0.769. The molecule has 2 heterocycles. The van der Waals surface area contributed by atoms with E-state index in [1.165, 1.54) is 45.8 Å². The molecule has 0 saturated heterocycles. The number of amides is 1. The maximum atomic E-state index is 13.0. The Labute approximate surface area is 122 Å². The maximum absolute atomic E-state index is 13.0. The van der Waals surface area contributed by atoms with Crippen LogP contribution in [0.2, 0.25) is 0 Å². The molecule has 0 spiro atoms. The van der Waals surface area contributed by atoms with E-state index in [4.69, 9.17) is 0 Å². The van der Waals surface area contributed by atoms with Gasteiger partial charge in [0.2, 0.25) is 5.13 Å². The first kappa shape index (κ1) is 13.3. The second kappa shape index (κ2) is 5.37. The molecule has 0 fully saturated rings. The highest BCUT2D eigenvalue weighted by Crippen LogP contribution is 2.16. The van der Waals surface area contributed by atoms with Crippen molar-refractivity contribution in [2.24, 2.45) is 0 Å². The highest BCUT2D eigenvalue weighted by Gasteiger charge is 2.19. The quantitative estimate of drug-likeness (QED) is 0.797. The normalized spacial score (nSPS) is 10.6. The van der Waals surface area contributed by atoms with E-state index in [9.17, 15) is 9.18 Å². The molecule has 0 aliphatic carbocycles. The molecule has 21 heavy (non-hydrogen) atoms. The Kier molecular flexibility index (Phi) is 3.40. The lowest BCUT2D eigenvalue weighted by Gasteiger charge is -2.06. The van der Waals surface area contributed by atoms with Crippen molar-refractivity contribution in [3.8, 4) is 5.69 Å². The number of carbonyl (C=O) groups is 1. The minimum atomic E-state index is -0.404. The van der Waals surface area contributed by atoms with Crippen LogP contribution >= 0.6 is 11.3 Å². The molecule has 0 aliphatic rings. The number of aryl methyl sites for hydroxylation is 1. The second-order valence-corrected chi connectivity index (χ2v) is 4.94. The summed E-state index contributed by atoms with van der Waals surface area (Å²) in [7, 11) is 0. The van der Waals surface area contributed by atoms with E-state index < -0.39 is 5.91 Å². The van der Waals surface area contributed by atoms with Gasteiger partial charge in [0, 0.05) is 0 Å². The van der Waals surface area contributed by atoms with E-state index in [2.05, 4.69) is 25.8 Å². The number of nitrogens with zero attached hydrogens (tertiary/aromatic N) is 5. The zero-order valence-electron chi connectivity index (χ0n) is 10.8. The minimum absolute atomic E-state index is 0.261. The Hall–Kier alpha value is -2.68. The minimum Gasteiger partial charge on any atom is -0.295 e. The first-order valence-corrected chi connectivity index (χ1v) is 6.79. The lowest BCUT2D eigenvalue weighted by Crippen LogP contribution is -2.18. The van der Waals surface area contributed by atoms with Gasteiger partial charge in [-0.1, -0.05) is 16.6 Å². The standard InChI is InChI=1S/C12H9FN6OS/c1-7-10(11(20)15-12-17-14-6-21-12)19(18-16-7)9-4-2-8(13)3-5-9/h2-6H,1H3,(H,15,17,20). The van der Waals surface area contributed by atoms with Crippen molar-refractivity contribution in [3.05, 3.63) is 47.0 Å². The van der Waals surface area contributed by atoms with Gasteiger partial charge in [0.05, 0.1) is 11.4 Å². The Morgan fingerprint density at radius 2 is 2.05 bits per heavy atom.